The molecule has 0 fully saturated rings. The van der Waals surface area contributed by atoms with E-state index < -0.39 is 0 Å². The molecule has 4 heteroatoms. The van der Waals surface area contributed by atoms with Gasteiger partial charge in [0.05, 0.1) is 6.20 Å². The van der Waals surface area contributed by atoms with Gasteiger partial charge in [-0.25, -0.2) is 4.79 Å². The minimum absolute atomic E-state index is 0.0255. The molecular weight excluding hydrogens is 144 g/mol. The van der Waals surface area contributed by atoms with Gasteiger partial charge in [-0.15, -0.1) is 0 Å². The number of imidazole rings is 1. The van der Waals surface area contributed by atoms with Crippen LogP contribution < -0.4 is 5.69 Å². The second-order valence-corrected chi connectivity index (χ2v) is 3.46. The molecule has 0 bridgehead atoms. The summed E-state index contributed by atoms with van der Waals surface area (Å²) in [5.41, 5.74) is -0.656. The molecule has 1 aromatic rings. The maximum absolute atomic E-state index is 11.0. The van der Waals surface area contributed by atoms with Crippen molar-refractivity contribution in [3.63, 3.8) is 0 Å². The molecule has 0 radical (unpaired) electrons. The lowest BCUT2D eigenvalue weighted by Gasteiger charge is -2.19. The Labute approximate surface area is 64.5 Å². The first kappa shape index (κ1) is 7.91. The minimum Gasteiger partial charge on any atom is -0.493 e. The Morgan fingerprint density at radius 3 is 2.27 bits per heavy atom. The summed E-state index contributed by atoms with van der Waals surface area (Å²) < 4.78 is 1.30. The fourth-order valence-corrected chi connectivity index (χ4v) is 1.01. The number of aromatic amines is 1. The quantitative estimate of drug-likeness (QED) is 0.579. The Bertz CT molecular complexity index is 303. The van der Waals surface area contributed by atoms with Crippen molar-refractivity contribution in [3.8, 4) is 5.88 Å². The molecule has 0 unspecified atom stereocenters. The molecule has 0 atom stereocenters. The van der Waals surface area contributed by atoms with Crippen LogP contribution >= 0.6 is 0 Å². The van der Waals surface area contributed by atoms with Crippen LogP contribution in [0.25, 0.3) is 0 Å². The molecule has 0 saturated heterocycles. The maximum Gasteiger partial charge on any atom is 0.328 e. The highest BCUT2D eigenvalue weighted by Crippen LogP contribution is 2.16. The van der Waals surface area contributed by atoms with Crippen molar-refractivity contribution in [3.05, 3.63) is 16.7 Å². The first-order valence-corrected chi connectivity index (χ1v) is 3.43. The zero-order valence-electron chi connectivity index (χ0n) is 6.88. The fraction of sp³-hybridized carbons (Fsp3) is 0.571. The number of H-pyrrole nitrogens is 1. The van der Waals surface area contributed by atoms with Crippen molar-refractivity contribution in [2.75, 3.05) is 0 Å². The molecule has 62 valence electrons. The summed E-state index contributed by atoms with van der Waals surface area (Å²) in [5.74, 6) is -0.0255. The van der Waals surface area contributed by atoms with Crippen molar-refractivity contribution in [1.82, 2.24) is 9.55 Å². The van der Waals surface area contributed by atoms with Crippen LogP contribution in [0.4, 0.5) is 0 Å². The fourth-order valence-electron chi connectivity index (χ4n) is 1.01. The molecule has 1 heterocycles. The van der Waals surface area contributed by atoms with E-state index in [2.05, 4.69) is 4.98 Å². The molecule has 0 aliphatic heterocycles. The van der Waals surface area contributed by atoms with Crippen LogP contribution in [0.2, 0.25) is 0 Å². The number of hydrogen-bond donors (Lipinski definition) is 2. The van der Waals surface area contributed by atoms with E-state index in [9.17, 15) is 9.90 Å². The number of aromatic hydroxyl groups is 1. The maximum atomic E-state index is 11.0. The van der Waals surface area contributed by atoms with Crippen LogP contribution in [0.15, 0.2) is 11.0 Å². The van der Waals surface area contributed by atoms with E-state index in [4.69, 9.17) is 0 Å². The summed E-state index contributed by atoms with van der Waals surface area (Å²) >= 11 is 0. The number of nitrogens with zero attached hydrogens (tertiary/aromatic N) is 1. The Hall–Kier alpha value is -1.19. The van der Waals surface area contributed by atoms with Crippen LogP contribution in [0, 0.1) is 0 Å². The van der Waals surface area contributed by atoms with E-state index >= 15 is 0 Å². The zero-order valence-corrected chi connectivity index (χ0v) is 6.88. The van der Waals surface area contributed by atoms with Crippen molar-refractivity contribution in [1.29, 1.82) is 0 Å². The summed E-state index contributed by atoms with van der Waals surface area (Å²) in [7, 11) is 0. The van der Waals surface area contributed by atoms with Gasteiger partial charge >= 0.3 is 5.69 Å². The summed E-state index contributed by atoms with van der Waals surface area (Å²) in [6.07, 6.45) is 1.29. The molecule has 0 spiro atoms. The predicted octanol–water partition coefficient (Wildman–Crippen LogP) is 0.637. The van der Waals surface area contributed by atoms with Crippen LogP contribution in [-0.4, -0.2) is 14.7 Å². The van der Waals surface area contributed by atoms with E-state index in [-0.39, 0.29) is 17.1 Å². The second-order valence-electron chi connectivity index (χ2n) is 3.46. The van der Waals surface area contributed by atoms with Gasteiger partial charge in [0, 0.05) is 5.54 Å². The Balaban J connectivity index is 3.33. The normalized spacial score (nSPS) is 11.9. The van der Waals surface area contributed by atoms with Crippen molar-refractivity contribution in [2.24, 2.45) is 0 Å². The summed E-state index contributed by atoms with van der Waals surface area (Å²) in [5, 5.41) is 9.20. The van der Waals surface area contributed by atoms with Gasteiger partial charge in [-0.05, 0) is 20.8 Å². The van der Waals surface area contributed by atoms with Crippen molar-refractivity contribution >= 4 is 0 Å². The van der Waals surface area contributed by atoms with Gasteiger partial charge in [-0.3, -0.25) is 4.57 Å². The standard InChI is InChI=1S/C7H12N2O2/c1-7(2,3)9-5(10)4-8-6(9)11/h4,10H,1-3H3,(H,8,11). The first-order chi connectivity index (χ1) is 4.93. The van der Waals surface area contributed by atoms with Gasteiger partial charge in [0.15, 0.2) is 0 Å². The topological polar surface area (TPSA) is 58.0 Å². The highest BCUT2D eigenvalue weighted by atomic mass is 16.3. The molecule has 11 heavy (non-hydrogen) atoms. The predicted molar refractivity (Wildman–Crippen MR) is 41.7 cm³/mol. The third kappa shape index (κ3) is 1.29. The third-order valence-electron chi connectivity index (χ3n) is 1.43. The van der Waals surface area contributed by atoms with Gasteiger partial charge in [0.1, 0.15) is 0 Å². The van der Waals surface area contributed by atoms with Crippen molar-refractivity contribution in [2.45, 2.75) is 26.3 Å². The number of rotatable bonds is 0. The molecule has 1 rings (SSSR count). The van der Waals surface area contributed by atoms with Gasteiger partial charge < -0.3 is 10.1 Å². The van der Waals surface area contributed by atoms with E-state index in [0.717, 1.165) is 0 Å². The largest absolute Gasteiger partial charge is 0.493 e. The molecule has 2 N–H and O–H groups in total. The molecule has 0 amide bonds. The van der Waals surface area contributed by atoms with Gasteiger partial charge in [0.2, 0.25) is 5.88 Å². The third-order valence-corrected chi connectivity index (χ3v) is 1.43. The van der Waals surface area contributed by atoms with E-state index in [1.165, 1.54) is 10.8 Å². The Morgan fingerprint density at radius 2 is 2.09 bits per heavy atom. The summed E-state index contributed by atoms with van der Waals surface area (Å²) in [6, 6.07) is 0. The van der Waals surface area contributed by atoms with Crippen LogP contribution in [0.5, 0.6) is 5.88 Å². The van der Waals surface area contributed by atoms with Gasteiger partial charge in [-0.2, -0.15) is 0 Å². The molecule has 0 saturated carbocycles. The summed E-state index contributed by atoms with van der Waals surface area (Å²) in [6.45, 7) is 5.55. The number of nitrogens with one attached hydrogen (secondary N) is 1. The number of hydrogen-bond acceptors (Lipinski definition) is 2. The lowest BCUT2D eigenvalue weighted by molar-refractivity contribution is 0.318. The summed E-state index contributed by atoms with van der Waals surface area (Å²) in [4.78, 5) is 13.4. The van der Waals surface area contributed by atoms with Crippen LogP contribution in [0.1, 0.15) is 20.8 Å². The minimum atomic E-state index is -0.374. The highest BCUT2D eigenvalue weighted by Gasteiger charge is 2.18. The van der Waals surface area contributed by atoms with E-state index in [1.807, 2.05) is 20.8 Å². The molecular formula is C7H12N2O2. The first-order valence-electron chi connectivity index (χ1n) is 3.43. The smallest absolute Gasteiger partial charge is 0.328 e. The van der Waals surface area contributed by atoms with Crippen molar-refractivity contribution < 1.29 is 5.11 Å². The number of aromatic nitrogens is 2. The molecule has 0 aliphatic carbocycles. The van der Waals surface area contributed by atoms with Crippen LogP contribution in [0.3, 0.4) is 0 Å². The van der Waals surface area contributed by atoms with E-state index in [0.29, 0.717) is 0 Å². The van der Waals surface area contributed by atoms with Gasteiger partial charge in [-0.1, -0.05) is 0 Å². The zero-order chi connectivity index (χ0) is 8.65. The average Bonchev–Trinajstić information content (AvgIpc) is 2.08. The van der Waals surface area contributed by atoms with Crippen LogP contribution in [-0.2, 0) is 5.54 Å². The lowest BCUT2D eigenvalue weighted by Crippen LogP contribution is -2.31. The molecule has 0 aliphatic rings. The lowest BCUT2D eigenvalue weighted by atomic mass is 10.1. The van der Waals surface area contributed by atoms with E-state index in [1.54, 1.807) is 0 Å². The average molecular weight is 156 g/mol. The molecule has 0 aromatic carbocycles. The highest BCUT2D eigenvalue weighted by molar-refractivity contribution is 5.06. The van der Waals surface area contributed by atoms with Gasteiger partial charge in [0.25, 0.3) is 0 Å². The Morgan fingerprint density at radius 1 is 1.55 bits per heavy atom. The second kappa shape index (κ2) is 2.15. The molecule has 4 nitrogen and oxygen atoms in total. The molecule has 1 aromatic heterocycles. The Kier molecular flexibility index (Phi) is 1.55. The SMILES string of the molecule is CC(C)(C)n1c(O)c[nH]c1=O. The monoisotopic (exact) mass is 156 g/mol.